The van der Waals surface area contributed by atoms with Crippen LogP contribution in [0.3, 0.4) is 0 Å². The average molecular weight is 269 g/mol. The van der Waals surface area contributed by atoms with Gasteiger partial charge in [-0.15, -0.1) is 0 Å². The van der Waals surface area contributed by atoms with E-state index in [1.54, 1.807) is 43.8 Å². The lowest BCUT2D eigenvalue weighted by Gasteiger charge is -2.04. The molecule has 102 valence electrons. The van der Waals surface area contributed by atoms with E-state index in [0.29, 0.717) is 17.0 Å². The van der Waals surface area contributed by atoms with Gasteiger partial charge in [0.25, 0.3) is 5.91 Å². The minimum absolute atomic E-state index is 0.263. The van der Waals surface area contributed by atoms with Crippen LogP contribution >= 0.6 is 0 Å². The molecule has 0 aliphatic carbocycles. The van der Waals surface area contributed by atoms with Gasteiger partial charge in [0.1, 0.15) is 5.75 Å². The summed E-state index contributed by atoms with van der Waals surface area (Å²) in [5, 5.41) is 4.07. The number of nitrogens with zero attached hydrogens (tertiary/aromatic N) is 2. The van der Waals surface area contributed by atoms with Crippen molar-refractivity contribution < 1.29 is 9.53 Å². The lowest BCUT2D eigenvalue weighted by molar-refractivity contribution is 0.0955. The van der Waals surface area contributed by atoms with E-state index >= 15 is 0 Å². The lowest BCUT2D eigenvalue weighted by atomic mass is 10.2. The van der Waals surface area contributed by atoms with Crippen molar-refractivity contribution in [1.29, 1.82) is 0 Å². The number of pyridine rings is 1. The summed E-state index contributed by atoms with van der Waals surface area (Å²) in [6.07, 6.45) is 3.36. The molecular formula is C15H15N3O2. The third-order valence-corrected chi connectivity index (χ3v) is 2.78. The maximum absolute atomic E-state index is 11.9. The zero-order chi connectivity index (χ0) is 14.4. The number of rotatable bonds is 4. The highest BCUT2D eigenvalue weighted by atomic mass is 16.5. The number of nitrogens with one attached hydrogen (secondary N) is 1. The maximum Gasteiger partial charge on any atom is 0.271 e. The second kappa shape index (κ2) is 6.47. The van der Waals surface area contributed by atoms with Gasteiger partial charge in [0.2, 0.25) is 0 Å². The number of hydrazone groups is 1. The molecule has 5 nitrogen and oxygen atoms in total. The molecule has 0 spiro atoms. The number of benzene rings is 1. The molecule has 2 aromatic rings. The standard InChI is InChI=1S/C15H15N3O2/c1-11(12-7-9-16-10-8-12)17-18-15(19)13-3-5-14(20-2)6-4-13/h3-10H,1-2H3,(H,18,19)/b17-11+. The predicted octanol–water partition coefficient (Wildman–Crippen LogP) is 2.24. The number of ether oxygens (including phenoxy) is 1. The minimum atomic E-state index is -0.263. The number of methoxy groups -OCH3 is 1. The van der Waals surface area contributed by atoms with Crippen molar-refractivity contribution in [1.82, 2.24) is 10.4 Å². The predicted molar refractivity (Wildman–Crippen MR) is 76.9 cm³/mol. The SMILES string of the molecule is COc1ccc(C(=O)N/N=C(\C)c2ccncc2)cc1. The van der Waals surface area contributed by atoms with E-state index < -0.39 is 0 Å². The van der Waals surface area contributed by atoms with E-state index in [9.17, 15) is 4.79 Å². The highest BCUT2D eigenvalue weighted by Crippen LogP contribution is 2.11. The zero-order valence-electron chi connectivity index (χ0n) is 11.3. The maximum atomic E-state index is 11.9. The van der Waals surface area contributed by atoms with E-state index in [4.69, 9.17) is 4.74 Å². The Morgan fingerprint density at radius 1 is 1.10 bits per heavy atom. The summed E-state index contributed by atoms with van der Waals surface area (Å²) in [7, 11) is 1.58. The summed E-state index contributed by atoms with van der Waals surface area (Å²) in [6.45, 7) is 1.82. The fraction of sp³-hybridized carbons (Fsp3) is 0.133. The van der Waals surface area contributed by atoms with Crippen LogP contribution < -0.4 is 10.2 Å². The Balaban J connectivity index is 2.04. The van der Waals surface area contributed by atoms with E-state index in [2.05, 4.69) is 15.5 Å². The topological polar surface area (TPSA) is 63.6 Å². The summed E-state index contributed by atoms with van der Waals surface area (Å²) in [6, 6.07) is 10.5. The summed E-state index contributed by atoms with van der Waals surface area (Å²) in [5.74, 6) is 0.444. The normalized spacial score (nSPS) is 11.0. The van der Waals surface area contributed by atoms with Crippen molar-refractivity contribution in [2.75, 3.05) is 7.11 Å². The molecule has 1 aromatic heterocycles. The average Bonchev–Trinajstić information content (AvgIpc) is 2.53. The van der Waals surface area contributed by atoms with Gasteiger partial charge in [0.05, 0.1) is 12.8 Å². The van der Waals surface area contributed by atoms with Crippen LogP contribution in [0.4, 0.5) is 0 Å². The molecule has 0 bridgehead atoms. The Morgan fingerprint density at radius 2 is 1.75 bits per heavy atom. The van der Waals surface area contributed by atoms with Crippen molar-refractivity contribution in [3.63, 3.8) is 0 Å². The number of hydrogen-bond donors (Lipinski definition) is 1. The minimum Gasteiger partial charge on any atom is -0.497 e. The number of hydrogen-bond acceptors (Lipinski definition) is 4. The van der Waals surface area contributed by atoms with Crippen LogP contribution in [0.15, 0.2) is 53.9 Å². The third kappa shape index (κ3) is 3.41. The van der Waals surface area contributed by atoms with Crippen molar-refractivity contribution in [3.05, 3.63) is 59.9 Å². The number of amides is 1. The molecule has 0 atom stereocenters. The molecule has 1 aromatic carbocycles. The molecule has 0 unspecified atom stereocenters. The molecule has 0 saturated heterocycles. The van der Waals surface area contributed by atoms with Gasteiger partial charge in [-0.1, -0.05) is 0 Å². The Kier molecular flexibility index (Phi) is 4.44. The quantitative estimate of drug-likeness (QED) is 0.684. The van der Waals surface area contributed by atoms with E-state index in [1.165, 1.54) is 0 Å². The van der Waals surface area contributed by atoms with Gasteiger partial charge in [0.15, 0.2) is 0 Å². The molecule has 0 fully saturated rings. The molecule has 0 radical (unpaired) electrons. The summed E-state index contributed by atoms with van der Waals surface area (Å²) in [4.78, 5) is 15.8. The first kappa shape index (κ1) is 13.7. The zero-order valence-corrected chi connectivity index (χ0v) is 11.3. The highest BCUT2D eigenvalue weighted by Gasteiger charge is 2.05. The van der Waals surface area contributed by atoms with Gasteiger partial charge < -0.3 is 4.74 Å². The fourth-order valence-corrected chi connectivity index (χ4v) is 1.60. The molecule has 0 aliphatic heterocycles. The van der Waals surface area contributed by atoms with Crippen molar-refractivity contribution >= 4 is 11.6 Å². The van der Waals surface area contributed by atoms with Crippen LogP contribution in [-0.4, -0.2) is 23.7 Å². The molecule has 5 heteroatoms. The molecule has 1 amide bonds. The van der Waals surface area contributed by atoms with Gasteiger partial charge in [-0.3, -0.25) is 9.78 Å². The molecule has 2 rings (SSSR count). The number of aromatic nitrogens is 1. The van der Waals surface area contributed by atoms with Crippen molar-refractivity contribution in [2.45, 2.75) is 6.92 Å². The van der Waals surface area contributed by atoms with Crippen LogP contribution in [0.5, 0.6) is 5.75 Å². The Bertz CT molecular complexity index is 607. The Labute approximate surface area is 117 Å². The van der Waals surface area contributed by atoms with Crippen LogP contribution in [0, 0.1) is 0 Å². The summed E-state index contributed by atoms with van der Waals surface area (Å²) < 4.78 is 5.04. The van der Waals surface area contributed by atoms with E-state index in [1.807, 2.05) is 19.1 Å². The highest BCUT2D eigenvalue weighted by molar-refractivity contribution is 6.00. The Hall–Kier alpha value is -2.69. The first-order chi connectivity index (χ1) is 9.70. The van der Waals surface area contributed by atoms with Gasteiger partial charge in [0, 0.05) is 23.5 Å². The summed E-state index contributed by atoms with van der Waals surface area (Å²) >= 11 is 0. The second-order valence-corrected chi connectivity index (χ2v) is 4.10. The second-order valence-electron chi connectivity index (χ2n) is 4.10. The van der Waals surface area contributed by atoms with Crippen molar-refractivity contribution in [2.24, 2.45) is 5.10 Å². The van der Waals surface area contributed by atoms with Gasteiger partial charge in [-0.2, -0.15) is 5.10 Å². The van der Waals surface area contributed by atoms with Crippen molar-refractivity contribution in [3.8, 4) is 5.75 Å². The van der Waals surface area contributed by atoms with Gasteiger partial charge in [-0.05, 0) is 43.3 Å². The lowest BCUT2D eigenvalue weighted by Crippen LogP contribution is -2.19. The number of carbonyl (C=O) groups excluding carboxylic acids is 1. The monoisotopic (exact) mass is 269 g/mol. The fourth-order valence-electron chi connectivity index (χ4n) is 1.60. The molecule has 1 N–H and O–H groups in total. The van der Waals surface area contributed by atoms with Gasteiger partial charge in [-0.25, -0.2) is 5.43 Å². The number of carbonyl (C=O) groups is 1. The largest absolute Gasteiger partial charge is 0.497 e. The molecule has 0 aliphatic rings. The first-order valence-corrected chi connectivity index (χ1v) is 6.10. The summed E-state index contributed by atoms with van der Waals surface area (Å²) in [5.41, 5.74) is 4.68. The van der Waals surface area contributed by atoms with Crippen LogP contribution in [0.1, 0.15) is 22.8 Å². The van der Waals surface area contributed by atoms with E-state index in [-0.39, 0.29) is 5.91 Å². The van der Waals surface area contributed by atoms with Crippen LogP contribution in [0.2, 0.25) is 0 Å². The molecular weight excluding hydrogens is 254 g/mol. The third-order valence-electron chi connectivity index (χ3n) is 2.78. The molecule has 1 heterocycles. The molecule has 0 saturated carbocycles. The van der Waals surface area contributed by atoms with Crippen LogP contribution in [0.25, 0.3) is 0 Å². The smallest absolute Gasteiger partial charge is 0.271 e. The van der Waals surface area contributed by atoms with Gasteiger partial charge >= 0.3 is 0 Å². The Morgan fingerprint density at radius 3 is 2.35 bits per heavy atom. The molecule has 20 heavy (non-hydrogen) atoms. The first-order valence-electron chi connectivity index (χ1n) is 6.10. The van der Waals surface area contributed by atoms with Crippen LogP contribution in [-0.2, 0) is 0 Å². The van der Waals surface area contributed by atoms with E-state index in [0.717, 1.165) is 5.56 Å².